The second-order valence-corrected chi connectivity index (χ2v) is 5.53. The molecule has 1 fully saturated rings. The van der Waals surface area contributed by atoms with E-state index in [9.17, 15) is 0 Å². The Morgan fingerprint density at radius 2 is 2.35 bits per heavy atom. The van der Waals surface area contributed by atoms with Crippen molar-refractivity contribution in [2.45, 2.75) is 18.9 Å². The number of ether oxygens (including phenoxy) is 1. The molecule has 1 saturated carbocycles. The smallest absolute Gasteiger partial charge is 0.222 e. The van der Waals surface area contributed by atoms with Gasteiger partial charge in [-0.05, 0) is 49.9 Å². The van der Waals surface area contributed by atoms with E-state index in [0.29, 0.717) is 6.10 Å². The van der Waals surface area contributed by atoms with Crippen molar-refractivity contribution in [3.8, 4) is 5.88 Å². The standard InChI is InChI=1S/C13H16N2OS/c1-14-8-9-6-10(7-9)16-13-11-3-5-17-12(11)2-4-15-13/h2-5,9-10,14H,6-8H2,1H3. The quantitative estimate of drug-likeness (QED) is 0.903. The van der Waals surface area contributed by atoms with Crippen molar-refractivity contribution < 1.29 is 4.74 Å². The Hall–Kier alpha value is -1.13. The highest BCUT2D eigenvalue weighted by atomic mass is 32.1. The molecule has 0 spiro atoms. The maximum atomic E-state index is 5.97. The fraction of sp³-hybridized carbons (Fsp3) is 0.462. The summed E-state index contributed by atoms with van der Waals surface area (Å²) in [6, 6.07) is 4.13. The van der Waals surface area contributed by atoms with Crippen LogP contribution < -0.4 is 10.1 Å². The van der Waals surface area contributed by atoms with Gasteiger partial charge in [0.05, 0.1) is 5.39 Å². The average Bonchev–Trinajstić information content (AvgIpc) is 2.75. The minimum absolute atomic E-state index is 0.353. The summed E-state index contributed by atoms with van der Waals surface area (Å²) in [6.45, 7) is 1.09. The number of thiophene rings is 1. The Balaban J connectivity index is 1.68. The lowest BCUT2D eigenvalue weighted by Gasteiger charge is -2.34. The third kappa shape index (κ3) is 2.15. The van der Waals surface area contributed by atoms with Gasteiger partial charge in [-0.1, -0.05) is 0 Å². The predicted octanol–water partition coefficient (Wildman–Crippen LogP) is 2.67. The zero-order valence-corrected chi connectivity index (χ0v) is 10.7. The predicted molar refractivity (Wildman–Crippen MR) is 70.7 cm³/mol. The molecule has 1 N–H and O–H groups in total. The van der Waals surface area contributed by atoms with Gasteiger partial charge in [0, 0.05) is 10.9 Å². The number of rotatable bonds is 4. The molecule has 0 saturated heterocycles. The topological polar surface area (TPSA) is 34.1 Å². The normalized spacial score (nSPS) is 23.6. The largest absolute Gasteiger partial charge is 0.474 e. The minimum Gasteiger partial charge on any atom is -0.474 e. The van der Waals surface area contributed by atoms with Crippen LogP contribution in [0.4, 0.5) is 0 Å². The molecular weight excluding hydrogens is 232 g/mol. The summed E-state index contributed by atoms with van der Waals surface area (Å²) in [5.41, 5.74) is 0. The molecule has 3 rings (SSSR count). The van der Waals surface area contributed by atoms with Crippen LogP contribution in [-0.4, -0.2) is 24.7 Å². The molecule has 0 atom stereocenters. The van der Waals surface area contributed by atoms with Crippen molar-refractivity contribution in [3.63, 3.8) is 0 Å². The Morgan fingerprint density at radius 3 is 3.18 bits per heavy atom. The second kappa shape index (κ2) is 4.63. The molecule has 0 aliphatic heterocycles. The molecule has 2 aromatic heterocycles. The first-order chi connectivity index (χ1) is 8.36. The average molecular weight is 248 g/mol. The van der Waals surface area contributed by atoms with Crippen molar-refractivity contribution in [3.05, 3.63) is 23.7 Å². The zero-order chi connectivity index (χ0) is 11.7. The zero-order valence-electron chi connectivity index (χ0n) is 9.85. The van der Waals surface area contributed by atoms with E-state index in [4.69, 9.17) is 4.74 Å². The molecule has 0 radical (unpaired) electrons. The Labute approximate surface area is 105 Å². The molecule has 2 aromatic rings. The number of aromatic nitrogens is 1. The second-order valence-electron chi connectivity index (χ2n) is 4.58. The van der Waals surface area contributed by atoms with Gasteiger partial charge in [0.25, 0.3) is 0 Å². The van der Waals surface area contributed by atoms with E-state index >= 15 is 0 Å². The molecule has 0 aromatic carbocycles. The molecule has 0 unspecified atom stereocenters. The summed E-state index contributed by atoms with van der Waals surface area (Å²) in [5, 5.41) is 6.44. The summed E-state index contributed by atoms with van der Waals surface area (Å²) < 4.78 is 7.22. The van der Waals surface area contributed by atoms with E-state index in [1.165, 1.54) is 4.70 Å². The number of hydrogen-bond donors (Lipinski definition) is 1. The lowest BCUT2D eigenvalue weighted by Crippen LogP contribution is -2.38. The van der Waals surface area contributed by atoms with Gasteiger partial charge in [-0.25, -0.2) is 4.98 Å². The van der Waals surface area contributed by atoms with Crippen LogP contribution in [0.15, 0.2) is 23.7 Å². The van der Waals surface area contributed by atoms with Crippen LogP contribution in [0.5, 0.6) is 5.88 Å². The third-order valence-electron chi connectivity index (χ3n) is 3.31. The minimum atomic E-state index is 0.353. The van der Waals surface area contributed by atoms with Crippen LogP contribution in [0, 0.1) is 5.92 Å². The first-order valence-electron chi connectivity index (χ1n) is 6.00. The first kappa shape index (κ1) is 11.0. The van der Waals surface area contributed by atoms with Crippen LogP contribution in [0.25, 0.3) is 10.1 Å². The summed E-state index contributed by atoms with van der Waals surface area (Å²) in [7, 11) is 2.00. The number of nitrogens with zero attached hydrogens (tertiary/aromatic N) is 1. The first-order valence-corrected chi connectivity index (χ1v) is 6.88. The van der Waals surface area contributed by atoms with E-state index in [0.717, 1.165) is 36.6 Å². The van der Waals surface area contributed by atoms with Crippen molar-refractivity contribution in [2.24, 2.45) is 5.92 Å². The van der Waals surface area contributed by atoms with Gasteiger partial charge < -0.3 is 10.1 Å². The summed E-state index contributed by atoms with van der Waals surface area (Å²) in [4.78, 5) is 4.34. The van der Waals surface area contributed by atoms with Crippen LogP contribution in [0.3, 0.4) is 0 Å². The van der Waals surface area contributed by atoms with Crippen LogP contribution in [0.2, 0.25) is 0 Å². The molecule has 3 nitrogen and oxygen atoms in total. The maximum Gasteiger partial charge on any atom is 0.222 e. The molecule has 0 bridgehead atoms. The van der Waals surface area contributed by atoms with E-state index in [-0.39, 0.29) is 0 Å². The van der Waals surface area contributed by atoms with Crippen LogP contribution in [0.1, 0.15) is 12.8 Å². The van der Waals surface area contributed by atoms with Crippen molar-refractivity contribution in [1.29, 1.82) is 0 Å². The highest BCUT2D eigenvalue weighted by molar-refractivity contribution is 7.17. The summed E-state index contributed by atoms with van der Waals surface area (Å²) in [6.07, 6.45) is 4.47. The molecule has 0 amide bonds. The third-order valence-corrected chi connectivity index (χ3v) is 4.19. The number of fused-ring (bicyclic) bond motifs is 1. The SMILES string of the molecule is CNCC1CC(Oc2nccc3sccc23)C1. The van der Waals surface area contributed by atoms with Crippen LogP contribution >= 0.6 is 11.3 Å². The molecule has 17 heavy (non-hydrogen) atoms. The van der Waals surface area contributed by atoms with Gasteiger partial charge in [0.2, 0.25) is 5.88 Å². The fourth-order valence-corrected chi connectivity index (χ4v) is 3.12. The van der Waals surface area contributed by atoms with Gasteiger partial charge in [-0.2, -0.15) is 0 Å². The lowest BCUT2D eigenvalue weighted by atomic mass is 9.82. The number of pyridine rings is 1. The highest BCUT2D eigenvalue weighted by Crippen LogP contribution is 2.34. The van der Waals surface area contributed by atoms with Crippen molar-refractivity contribution >= 4 is 21.4 Å². The van der Waals surface area contributed by atoms with Gasteiger partial charge in [0.1, 0.15) is 6.10 Å². The molecule has 2 heterocycles. The summed E-state index contributed by atoms with van der Waals surface area (Å²) in [5.74, 6) is 1.57. The molecular formula is C13H16N2OS. The van der Waals surface area contributed by atoms with Gasteiger partial charge >= 0.3 is 0 Å². The fourth-order valence-electron chi connectivity index (χ4n) is 2.35. The van der Waals surface area contributed by atoms with Crippen molar-refractivity contribution in [1.82, 2.24) is 10.3 Å². The lowest BCUT2D eigenvalue weighted by molar-refractivity contribution is 0.0632. The monoisotopic (exact) mass is 248 g/mol. The maximum absolute atomic E-state index is 5.97. The summed E-state index contributed by atoms with van der Waals surface area (Å²) >= 11 is 1.73. The Kier molecular flexibility index (Phi) is 2.99. The van der Waals surface area contributed by atoms with Gasteiger partial charge in [0.15, 0.2) is 0 Å². The Bertz CT molecular complexity index is 505. The van der Waals surface area contributed by atoms with E-state index in [2.05, 4.69) is 21.7 Å². The van der Waals surface area contributed by atoms with Crippen molar-refractivity contribution in [2.75, 3.05) is 13.6 Å². The van der Waals surface area contributed by atoms with E-state index < -0.39 is 0 Å². The molecule has 4 heteroatoms. The number of nitrogens with one attached hydrogen (secondary N) is 1. The van der Waals surface area contributed by atoms with E-state index in [1.807, 2.05) is 19.3 Å². The van der Waals surface area contributed by atoms with Gasteiger partial charge in [-0.3, -0.25) is 0 Å². The molecule has 1 aliphatic carbocycles. The highest BCUT2D eigenvalue weighted by Gasteiger charge is 2.30. The van der Waals surface area contributed by atoms with E-state index in [1.54, 1.807) is 11.3 Å². The van der Waals surface area contributed by atoms with Crippen LogP contribution in [-0.2, 0) is 0 Å². The van der Waals surface area contributed by atoms with Gasteiger partial charge in [-0.15, -0.1) is 11.3 Å². The number of hydrogen-bond acceptors (Lipinski definition) is 4. The molecule has 1 aliphatic rings. The molecule has 90 valence electrons. The Morgan fingerprint density at radius 1 is 1.47 bits per heavy atom.